The zero-order valence-electron chi connectivity index (χ0n) is 9.51. The molecule has 2 nitrogen and oxygen atoms in total. The molecular weight excluding hydrogens is 349 g/mol. The number of halogens is 2. The lowest BCUT2D eigenvalue weighted by Gasteiger charge is -2.14. The molecule has 1 saturated carbocycles. The number of hydrogen-bond donors (Lipinski definition) is 1. The van der Waals surface area contributed by atoms with Gasteiger partial charge in [-0.1, -0.05) is 12.1 Å². The summed E-state index contributed by atoms with van der Waals surface area (Å²) in [6, 6.07) is 7.64. The average Bonchev–Trinajstić information content (AvgIpc) is 3.08. The van der Waals surface area contributed by atoms with E-state index in [2.05, 4.69) is 27.9 Å². The first kappa shape index (κ1) is 13.1. The summed E-state index contributed by atoms with van der Waals surface area (Å²) in [7, 11) is 0. The standard InChI is InChI=1S/C13H15ClINO/c14-8-7-13(5-6-13)9-16-12(17)10-3-1-2-4-11(10)15/h1-4H,5-9H2,(H,16,17). The van der Waals surface area contributed by atoms with Gasteiger partial charge in [0.05, 0.1) is 5.56 Å². The monoisotopic (exact) mass is 363 g/mol. The topological polar surface area (TPSA) is 29.1 Å². The van der Waals surface area contributed by atoms with Crippen LogP contribution < -0.4 is 5.32 Å². The Morgan fingerprint density at radius 3 is 2.71 bits per heavy atom. The number of nitrogens with one attached hydrogen (secondary N) is 1. The van der Waals surface area contributed by atoms with Gasteiger partial charge in [-0.25, -0.2) is 0 Å². The van der Waals surface area contributed by atoms with Crippen LogP contribution in [0.5, 0.6) is 0 Å². The number of alkyl halides is 1. The fourth-order valence-electron chi connectivity index (χ4n) is 1.90. The minimum absolute atomic E-state index is 0.0239. The normalized spacial score (nSPS) is 16.6. The number of amides is 1. The lowest BCUT2D eigenvalue weighted by atomic mass is 10.0. The number of benzene rings is 1. The van der Waals surface area contributed by atoms with Crippen LogP contribution in [-0.4, -0.2) is 18.3 Å². The molecule has 1 aromatic rings. The second-order valence-electron chi connectivity index (χ2n) is 4.60. The van der Waals surface area contributed by atoms with Crippen LogP contribution in [0.3, 0.4) is 0 Å². The molecule has 0 bridgehead atoms. The predicted octanol–water partition coefficient (Wildman–Crippen LogP) is 3.43. The van der Waals surface area contributed by atoms with Gasteiger partial charge in [0.15, 0.2) is 0 Å². The van der Waals surface area contributed by atoms with Crippen molar-refractivity contribution in [3.63, 3.8) is 0 Å². The Morgan fingerprint density at radius 2 is 2.12 bits per heavy atom. The van der Waals surface area contributed by atoms with Gasteiger partial charge in [-0.05, 0) is 59.4 Å². The number of carbonyl (C=O) groups is 1. The van der Waals surface area contributed by atoms with Crippen LogP contribution in [0.15, 0.2) is 24.3 Å². The van der Waals surface area contributed by atoms with Crippen molar-refractivity contribution in [1.82, 2.24) is 5.32 Å². The van der Waals surface area contributed by atoms with Gasteiger partial charge < -0.3 is 5.32 Å². The smallest absolute Gasteiger partial charge is 0.252 e. The SMILES string of the molecule is O=C(NCC1(CCCl)CC1)c1ccccc1I. The summed E-state index contributed by atoms with van der Waals surface area (Å²) in [6.45, 7) is 0.753. The molecule has 0 spiro atoms. The largest absolute Gasteiger partial charge is 0.351 e. The van der Waals surface area contributed by atoms with Gasteiger partial charge in [0.2, 0.25) is 0 Å². The van der Waals surface area contributed by atoms with Crippen LogP contribution >= 0.6 is 34.2 Å². The fourth-order valence-corrected chi connectivity index (χ4v) is 2.93. The summed E-state index contributed by atoms with van der Waals surface area (Å²) >= 11 is 7.96. The second kappa shape index (κ2) is 5.57. The minimum Gasteiger partial charge on any atom is -0.351 e. The molecule has 1 aliphatic carbocycles. The van der Waals surface area contributed by atoms with Gasteiger partial charge in [-0.15, -0.1) is 11.6 Å². The van der Waals surface area contributed by atoms with E-state index in [1.807, 2.05) is 24.3 Å². The van der Waals surface area contributed by atoms with Crippen molar-refractivity contribution < 1.29 is 4.79 Å². The molecular formula is C13H15ClINO. The quantitative estimate of drug-likeness (QED) is 0.630. The highest BCUT2D eigenvalue weighted by atomic mass is 127. The van der Waals surface area contributed by atoms with Gasteiger partial charge >= 0.3 is 0 Å². The highest BCUT2D eigenvalue weighted by Gasteiger charge is 2.41. The summed E-state index contributed by atoms with van der Waals surface area (Å²) in [5.41, 5.74) is 1.05. The first-order valence-electron chi connectivity index (χ1n) is 5.76. The van der Waals surface area contributed by atoms with Crippen molar-refractivity contribution in [2.24, 2.45) is 5.41 Å². The van der Waals surface area contributed by atoms with Crippen molar-refractivity contribution in [3.05, 3.63) is 33.4 Å². The zero-order chi connectivity index (χ0) is 12.3. The van der Waals surface area contributed by atoms with Crippen molar-refractivity contribution in [1.29, 1.82) is 0 Å². The molecule has 17 heavy (non-hydrogen) atoms. The van der Waals surface area contributed by atoms with Gasteiger partial charge in [-0.2, -0.15) is 0 Å². The third-order valence-electron chi connectivity index (χ3n) is 3.32. The number of carbonyl (C=O) groups excluding carboxylic acids is 1. The Morgan fingerprint density at radius 1 is 1.41 bits per heavy atom. The minimum atomic E-state index is 0.0239. The third kappa shape index (κ3) is 3.35. The molecule has 2 rings (SSSR count). The Labute approximate surface area is 120 Å². The van der Waals surface area contributed by atoms with Crippen LogP contribution in [0, 0.1) is 8.99 Å². The Bertz CT molecular complexity index is 418. The maximum absolute atomic E-state index is 12.0. The molecule has 0 unspecified atom stereocenters. The molecule has 1 fully saturated rings. The number of rotatable bonds is 5. The lowest BCUT2D eigenvalue weighted by molar-refractivity contribution is 0.0943. The molecule has 0 saturated heterocycles. The zero-order valence-corrected chi connectivity index (χ0v) is 12.4. The molecule has 1 N–H and O–H groups in total. The predicted molar refractivity (Wildman–Crippen MR) is 78.5 cm³/mol. The molecule has 1 amide bonds. The van der Waals surface area contributed by atoms with Crippen molar-refractivity contribution in [2.75, 3.05) is 12.4 Å². The maximum Gasteiger partial charge on any atom is 0.252 e. The molecule has 4 heteroatoms. The van der Waals surface area contributed by atoms with Crippen LogP contribution in [0.1, 0.15) is 29.6 Å². The van der Waals surface area contributed by atoms with E-state index < -0.39 is 0 Å². The molecule has 0 aliphatic heterocycles. The van der Waals surface area contributed by atoms with Crippen molar-refractivity contribution in [3.8, 4) is 0 Å². The van der Waals surface area contributed by atoms with Crippen LogP contribution in [0.4, 0.5) is 0 Å². The molecule has 0 atom stereocenters. The van der Waals surface area contributed by atoms with E-state index in [0.29, 0.717) is 5.88 Å². The average molecular weight is 364 g/mol. The van der Waals surface area contributed by atoms with E-state index in [9.17, 15) is 4.79 Å². The van der Waals surface area contributed by atoms with E-state index >= 15 is 0 Å². The third-order valence-corrected chi connectivity index (χ3v) is 4.45. The van der Waals surface area contributed by atoms with Gasteiger partial charge in [0, 0.05) is 16.0 Å². The molecule has 1 aliphatic rings. The molecule has 0 aromatic heterocycles. The maximum atomic E-state index is 12.0. The van der Waals surface area contributed by atoms with Crippen LogP contribution in [-0.2, 0) is 0 Å². The highest BCUT2D eigenvalue weighted by molar-refractivity contribution is 14.1. The van der Waals surface area contributed by atoms with E-state index in [0.717, 1.165) is 22.1 Å². The summed E-state index contributed by atoms with van der Waals surface area (Å²) in [5, 5.41) is 3.02. The second-order valence-corrected chi connectivity index (χ2v) is 6.14. The van der Waals surface area contributed by atoms with Gasteiger partial charge in [-0.3, -0.25) is 4.79 Å². The Hall–Kier alpha value is -0.290. The van der Waals surface area contributed by atoms with Crippen LogP contribution in [0.2, 0.25) is 0 Å². The molecule has 92 valence electrons. The van der Waals surface area contributed by atoms with E-state index in [-0.39, 0.29) is 11.3 Å². The van der Waals surface area contributed by atoms with Gasteiger partial charge in [0.1, 0.15) is 0 Å². The fraction of sp³-hybridized carbons (Fsp3) is 0.462. The van der Waals surface area contributed by atoms with E-state index in [4.69, 9.17) is 11.6 Å². The van der Waals surface area contributed by atoms with Gasteiger partial charge in [0.25, 0.3) is 5.91 Å². The Balaban J connectivity index is 1.92. The molecule has 0 heterocycles. The summed E-state index contributed by atoms with van der Waals surface area (Å²) < 4.78 is 0.991. The first-order valence-corrected chi connectivity index (χ1v) is 7.37. The molecule has 0 radical (unpaired) electrons. The van der Waals surface area contributed by atoms with Crippen LogP contribution in [0.25, 0.3) is 0 Å². The van der Waals surface area contributed by atoms with Crippen molar-refractivity contribution in [2.45, 2.75) is 19.3 Å². The first-order chi connectivity index (χ1) is 8.17. The van der Waals surface area contributed by atoms with E-state index in [1.54, 1.807) is 0 Å². The lowest BCUT2D eigenvalue weighted by Crippen LogP contribution is -2.30. The Kier molecular flexibility index (Phi) is 4.31. The van der Waals surface area contributed by atoms with E-state index in [1.165, 1.54) is 12.8 Å². The van der Waals surface area contributed by atoms with Crippen molar-refractivity contribution >= 4 is 40.1 Å². The highest BCUT2D eigenvalue weighted by Crippen LogP contribution is 2.48. The number of hydrogen-bond acceptors (Lipinski definition) is 1. The summed E-state index contributed by atoms with van der Waals surface area (Å²) in [5.74, 6) is 0.703. The molecule has 1 aromatic carbocycles. The summed E-state index contributed by atoms with van der Waals surface area (Å²) in [6.07, 6.45) is 3.37. The summed E-state index contributed by atoms with van der Waals surface area (Å²) in [4.78, 5) is 12.0.